The van der Waals surface area contributed by atoms with Crippen molar-refractivity contribution in [2.24, 2.45) is 11.8 Å². The van der Waals surface area contributed by atoms with Crippen molar-refractivity contribution in [3.05, 3.63) is 12.7 Å². The standard InChI is InChI=1S/C14H28N2/c1-7-12(6)16-9-13(10(2)3)15-8-14(16)11(4)5/h7,10-15H,1,8-9H2,2-6H3. The molecule has 1 aliphatic heterocycles. The summed E-state index contributed by atoms with van der Waals surface area (Å²) in [4.78, 5) is 2.61. The Morgan fingerprint density at radius 3 is 2.25 bits per heavy atom. The van der Waals surface area contributed by atoms with Gasteiger partial charge in [0.15, 0.2) is 0 Å². The molecule has 0 aromatic heterocycles. The summed E-state index contributed by atoms with van der Waals surface area (Å²) in [5, 5.41) is 3.68. The maximum Gasteiger partial charge on any atom is 0.0251 e. The molecule has 1 aliphatic rings. The number of hydrogen-bond acceptors (Lipinski definition) is 2. The number of rotatable bonds is 4. The lowest BCUT2D eigenvalue weighted by atomic mass is 9.93. The van der Waals surface area contributed by atoms with Crippen LogP contribution >= 0.6 is 0 Å². The molecule has 3 atom stereocenters. The van der Waals surface area contributed by atoms with E-state index in [0.29, 0.717) is 30.0 Å². The molecule has 0 aromatic rings. The lowest BCUT2D eigenvalue weighted by molar-refractivity contribution is 0.0676. The fourth-order valence-electron chi connectivity index (χ4n) is 2.49. The highest BCUT2D eigenvalue weighted by molar-refractivity contribution is 4.95. The van der Waals surface area contributed by atoms with Gasteiger partial charge in [-0.15, -0.1) is 6.58 Å². The van der Waals surface area contributed by atoms with Crippen LogP contribution in [-0.2, 0) is 0 Å². The zero-order chi connectivity index (χ0) is 12.3. The Balaban J connectivity index is 2.73. The third-order valence-electron chi connectivity index (χ3n) is 3.86. The zero-order valence-corrected chi connectivity index (χ0v) is 11.5. The number of hydrogen-bond donors (Lipinski definition) is 1. The number of nitrogens with one attached hydrogen (secondary N) is 1. The molecule has 2 nitrogen and oxygen atoms in total. The maximum atomic E-state index is 3.94. The van der Waals surface area contributed by atoms with Crippen LogP contribution in [0.5, 0.6) is 0 Å². The molecule has 1 heterocycles. The van der Waals surface area contributed by atoms with E-state index in [1.165, 1.54) is 0 Å². The van der Waals surface area contributed by atoms with Crippen LogP contribution in [0.4, 0.5) is 0 Å². The van der Waals surface area contributed by atoms with Gasteiger partial charge in [-0.25, -0.2) is 0 Å². The molecule has 0 saturated carbocycles. The second-order valence-corrected chi connectivity index (χ2v) is 5.74. The van der Waals surface area contributed by atoms with Crippen LogP contribution in [0, 0.1) is 11.8 Å². The molecule has 3 unspecified atom stereocenters. The summed E-state index contributed by atoms with van der Waals surface area (Å²) in [5.74, 6) is 1.40. The average molecular weight is 224 g/mol. The average Bonchev–Trinajstić information content (AvgIpc) is 2.26. The summed E-state index contributed by atoms with van der Waals surface area (Å²) in [6.45, 7) is 17.7. The third kappa shape index (κ3) is 3.08. The van der Waals surface area contributed by atoms with Crippen LogP contribution in [0.25, 0.3) is 0 Å². The Morgan fingerprint density at radius 2 is 1.81 bits per heavy atom. The van der Waals surface area contributed by atoms with Gasteiger partial charge in [-0.1, -0.05) is 33.8 Å². The molecular formula is C14H28N2. The second-order valence-electron chi connectivity index (χ2n) is 5.74. The van der Waals surface area contributed by atoms with Crippen molar-refractivity contribution < 1.29 is 0 Å². The van der Waals surface area contributed by atoms with Crippen molar-refractivity contribution in [3.63, 3.8) is 0 Å². The molecule has 16 heavy (non-hydrogen) atoms. The van der Waals surface area contributed by atoms with Gasteiger partial charge in [0.25, 0.3) is 0 Å². The maximum absolute atomic E-state index is 3.94. The summed E-state index contributed by atoms with van der Waals surface area (Å²) in [6.07, 6.45) is 2.07. The molecule has 0 aromatic carbocycles. The highest BCUT2D eigenvalue weighted by atomic mass is 15.3. The predicted octanol–water partition coefficient (Wildman–Crippen LogP) is 2.52. The van der Waals surface area contributed by atoms with Crippen LogP contribution in [0.3, 0.4) is 0 Å². The van der Waals surface area contributed by atoms with Crippen molar-refractivity contribution >= 4 is 0 Å². The molecule has 0 radical (unpaired) electrons. The van der Waals surface area contributed by atoms with Gasteiger partial charge in [0.05, 0.1) is 0 Å². The van der Waals surface area contributed by atoms with Crippen molar-refractivity contribution in [3.8, 4) is 0 Å². The normalized spacial score (nSPS) is 29.7. The number of piperazine rings is 1. The van der Waals surface area contributed by atoms with E-state index in [0.717, 1.165) is 13.1 Å². The Bertz CT molecular complexity index is 223. The Hall–Kier alpha value is -0.340. The van der Waals surface area contributed by atoms with Gasteiger partial charge in [0, 0.05) is 31.2 Å². The molecule has 0 spiro atoms. The summed E-state index contributed by atoms with van der Waals surface area (Å²) in [7, 11) is 0. The van der Waals surface area contributed by atoms with E-state index >= 15 is 0 Å². The van der Waals surface area contributed by atoms with Crippen LogP contribution in [0.15, 0.2) is 12.7 Å². The zero-order valence-electron chi connectivity index (χ0n) is 11.5. The Morgan fingerprint density at radius 1 is 1.19 bits per heavy atom. The molecule has 1 N–H and O–H groups in total. The largest absolute Gasteiger partial charge is 0.311 e. The van der Waals surface area contributed by atoms with E-state index in [-0.39, 0.29) is 0 Å². The molecule has 94 valence electrons. The fourth-order valence-corrected chi connectivity index (χ4v) is 2.49. The van der Waals surface area contributed by atoms with Crippen LogP contribution in [0.2, 0.25) is 0 Å². The SMILES string of the molecule is C=CC(C)N1CC(C(C)C)NCC1C(C)C. The minimum Gasteiger partial charge on any atom is -0.311 e. The number of nitrogens with zero attached hydrogens (tertiary/aromatic N) is 1. The Labute approximate surface area is 101 Å². The summed E-state index contributed by atoms with van der Waals surface area (Å²) in [5.41, 5.74) is 0. The monoisotopic (exact) mass is 224 g/mol. The topological polar surface area (TPSA) is 15.3 Å². The van der Waals surface area contributed by atoms with Crippen molar-refractivity contribution in [2.45, 2.75) is 52.7 Å². The third-order valence-corrected chi connectivity index (χ3v) is 3.86. The molecule has 2 heteroatoms. The highest BCUT2D eigenvalue weighted by Crippen LogP contribution is 2.20. The summed E-state index contributed by atoms with van der Waals surface area (Å²) in [6, 6.07) is 1.75. The predicted molar refractivity (Wildman–Crippen MR) is 71.6 cm³/mol. The smallest absolute Gasteiger partial charge is 0.0251 e. The fraction of sp³-hybridized carbons (Fsp3) is 0.857. The van der Waals surface area contributed by atoms with Crippen molar-refractivity contribution in [2.75, 3.05) is 13.1 Å². The second kappa shape index (κ2) is 5.83. The van der Waals surface area contributed by atoms with Crippen LogP contribution in [-0.4, -0.2) is 36.1 Å². The van der Waals surface area contributed by atoms with E-state index in [1.54, 1.807) is 0 Å². The molecule has 0 bridgehead atoms. The van der Waals surface area contributed by atoms with Crippen LogP contribution in [0.1, 0.15) is 34.6 Å². The van der Waals surface area contributed by atoms with E-state index < -0.39 is 0 Å². The quantitative estimate of drug-likeness (QED) is 0.738. The first-order valence-electron chi connectivity index (χ1n) is 6.59. The first kappa shape index (κ1) is 13.7. The minimum absolute atomic E-state index is 0.482. The highest BCUT2D eigenvalue weighted by Gasteiger charge is 2.32. The lowest BCUT2D eigenvalue weighted by Gasteiger charge is -2.46. The van der Waals surface area contributed by atoms with E-state index in [9.17, 15) is 0 Å². The first-order chi connectivity index (χ1) is 7.47. The van der Waals surface area contributed by atoms with Gasteiger partial charge in [-0.05, 0) is 18.8 Å². The van der Waals surface area contributed by atoms with E-state index in [1.807, 2.05) is 0 Å². The van der Waals surface area contributed by atoms with Gasteiger partial charge in [-0.2, -0.15) is 0 Å². The summed E-state index contributed by atoms with van der Waals surface area (Å²) >= 11 is 0. The lowest BCUT2D eigenvalue weighted by Crippen LogP contribution is -2.61. The van der Waals surface area contributed by atoms with Crippen molar-refractivity contribution in [1.29, 1.82) is 0 Å². The van der Waals surface area contributed by atoms with Gasteiger partial charge in [0.2, 0.25) is 0 Å². The van der Waals surface area contributed by atoms with Crippen molar-refractivity contribution in [1.82, 2.24) is 10.2 Å². The molecule has 0 aliphatic carbocycles. The van der Waals surface area contributed by atoms with E-state index in [4.69, 9.17) is 0 Å². The van der Waals surface area contributed by atoms with Gasteiger partial charge in [-0.3, -0.25) is 4.90 Å². The van der Waals surface area contributed by atoms with Gasteiger partial charge >= 0.3 is 0 Å². The van der Waals surface area contributed by atoms with Gasteiger partial charge in [0.1, 0.15) is 0 Å². The molecule has 1 fully saturated rings. The first-order valence-corrected chi connectivity index (χ1v) is 6.59. The van der Waals surface area contributed by atoms with Gasteiger partial charge < -0.3 is 5.32 Å². The molecule has 1 rings (SSSR count). The Kier molecular flexibility index (Phi) is 5.00. The molecule has 0 amide bonds. The molecular weight excluding hydrogens is 196 g/mol. The van der Waals surface area contributed by atoms with E-state index in [2.05, 4.69) is 57.5 Å². The molecule has 1 saturated heterocycles. The summed E-state index contributed by atoms with van der Waals surface area (Å²) < 4.78 is 0. The minimum atomic E-state index is 0.482. The van der Waals surface area contributed by atoms with Crippen LogP contribution < -0.4 is 5.32 Å².